The van der Waals surface area contributed by atoms with Crippen molar-refractivity contribution in [2.75, 3.05) is 20.2 Å². The molecule has 0 amide bonds. The maximum atomic E-state index is 5.48. The molecule has 1 spiro atoms. The van der Waals surface area contributed by atoms with E-state index in [9.17, 15) is 0 Å². The minimum Gasteiger partial charge on any atom is -0.497 e. The predicted molar refractivity (Wildman–Crippen MR) is 118 cm³/mol. The van der Waals surface area contributed by atoms with Crippen molar-refractivity contribution >= 4 is 23.3 Å². The maximum Gasteiger partial charge on any atom is 0.119 e. The molecule has 3 nitrogen and oxygen atoms in total. The summed E-state index contributed by atoms with van der Waals surface area (Å²) in [5.74, 6) is 0.967. The highest BCUT2D eigenvalue weighted by atomic mass is 35.5. The number of likely N-dealkylation sites (tertiary alicyclic amines) is 1. The van der Waals surface area contributed by atoms with Crippen molar-refractivity contribution in [3.8, 4) is 5.75 Å². The van der Waals surface area contributed by atoms with Gasteiger partial charge in [-0.3, -0.25) is 4.90 Å². The minimum atomic E-state index is 0. The van der Waals surface area contributed by atoms with Gasteiger partial charge >= 0.3 is 0 Å². The van der Waals surface area contributed by atoms with Gasteiger partial charge in [0.2, 0.25) is 0 Å². The largest absolute Gasteiger partial charge is 0.497 e. The quantitative estimate of drug-likeness (QED) is 0.613. The normalized spacial score (nSPS) is 18.2. The van der Waals surface area contributed by atoms with Gasteiger partial charge in [0.15, 0.2) is 0 Å². The topological polar surface area (TPSA) is 17.4 Å². The van der Waals surface area contributed by atoms with Gasteiger partial charge in [0.25, 0.3) is 0 Å². The summed E-state index contributed by atoms with van der Waals surface area (Å²) < 4.78 is 7.96. The third-order valence-electron chi connectivity index (χ3n) is 6.93. The standard InChI is InChI=1S/C24H28N2O.ClH/c1-25-22-9-8-19(27-2)16-21(22)20-10-11-24(23(20)25)12-14-26(15-13-24)17-18-6-4-3-5-7-18;/h3-9,16H,10-15,17H2,1-2H3;1H. The molecule has 0 radical (unpaired) electrons. The van der Waals surface area contributed by atoms with Crippen LogP contribution in [0.25, 0.3) is 10.9 Å². The van der Waals surface area contributed by atoms with E-state index in [0.717, 1.165) is 12.3 Å². The van der Waals surface area contributed by atoms with Gasteiger partial charge < -0.3 is 9.30 Å². The molecular weight excluding hydrogens is 368 g/mol. The molecule has 1 aromatic heterocycles. The van der Waals surface area contributed by atoms with Crippen LogP contribution >= 0.6 is 12.4 Å². The second-order valence-corrected chi connectivity index (χ2v) is 8.31. The third kappa shape index (κ3) is 3.01. The first-order valence-corrected chi connectivity index (χ1v) is 10.1. The van der Waals surface area contributed by atoms with E-state index in [1.54, 1.807) is 18.4 Å². The Morgan fingerprint density at radius 1 is 1.00 bits per heavy atom. The van der Waals surface area contributed by atoms with Crippen molar-refractivity contribution in [1.82, 2.24) is 9.47 Å². The lowest BCUT2D eigenvalue weighted by molar-refractivity contribution is 0.148. The third-order valence-corrected chi connectivity index (χ3v) is 6.93. The van der Waals surface area contributed by atoms with Crippen LogP contribution in [0.5, 0.6) is 5.75 Å². The van der Waals surface area contributed by atoms with E-state index >= 15 is 0 Å². The van der Waals surface area contributed by atoms with Crippen LogP contribution in [0.3, 0.4) is 0 Å². The number of hydrogen-bond donors (Lipinski definition) is 0. The van der Waals surface area contributed by atoms with Crippen LogP contribution < -0.4 is 4.74 Å². The fourth-order valence-corrected chi connectivity index (χ4v) is 5.51. The summed E-state index contributed by atoms with van der Waals surface area (Å²) in [6.45, 7) is 3.47. The van der Waals surface area contributed by atoms with Gasteiger partial charge in [0.1, 0.15) is 5.75 Å². The van der Waals surface area contributed by atoms with Crippen LogP contribution in [0.15, 0.2) is 48.5 Å². The van der Waals surface area contributed by atoms with E-state index in [0.29, 0.717) is 5.41 Å². The summed E-state index contributed by atoms with van der Waals surface area (Å²) in [6.07, 6.45) is 5.05. The monoisotopic (exact) mass is 396 g/mol. The maximum absolute atomic E-state index is 5.48. The number of rotatable bonds is 3. The first-order valence-electron chi connectivity index (χ1n) is 10.1. The van der Waals surface area contributed by atoms with Crippen molar-refractivity contribution in [3.63, 3.8) is 0 Å². The zero-order valence-corrected chi connectivity index (χ0v) is 17.6. The summed E-state index contributed by atoms with van der Waals surface area (Å²) in [6, 6.07) is 17.4. The van der Waals surface area contributed by atoms with Crippen LogP contribution in [0, 0.1) is 0 Å². The number of fused-ring (bicyclic) bond motifs is 4. The Morgan fingerprint density at radius 3 is 2.46 bits per heavy atom. The number of aromatic nitrogens is 1. The van der Waals surface area contributed by atoms with E-state index < -0.39 is 0 Å². The summed E-state index contributed by atoms with van der Waals surface area (Å²) in [7, 11) is 4.02. The minimum absolute atomic E-state index is 0. The van der Waals surface area contributed by atoms with E-state index in [4.69, 9.17) is 4.74 Å². The molecule has 2 aliphatic rings. The fourth-order valence-electron chi connectivity index (χ4n) is 5.51. The van der Waals surface area contributed by atoms with Crippen LogP contribution in [0.2, 0.25) is 0 Å². The fraction of sp³-hybridized carbons (Fsp3) is 0.417. The van der Waals surface area contributed by atoms with Gasteiger partial charge in [-0.25, -0.2) is 0 Å². The molecule has 0 N–H and O–H groups in total. The van der Waals surface area contributed by atoms with Crippen molar-refractivity contribution in [3.05, 3.63) is 65.4 Å². The lowest BCUT2D eigenvalue weighted by atomic mass is 9.76. The molecule has 0 bridgehead atoms. The molecule has 2 aromatic carbocycles. The predicted octanol–water partition coefficient (Wildman–Crippen LogP) is 5.09. The summed E-state index contributed by atoms with van der Waals surface area (Å²) in [5, 5.41) is 1.40. The van der Waals surface area contributed by atoms with Gasteiger partial charge in [-0.15, -0.1) is 12.4 Å². The average Bonchev–Trinajstić information content (AvgIpc) is 3.21. The molecule has 5 rings (SSSR count). The van der Waals surface area contributed by atoms with Crippen LogP contribution in [0.4, 0.5) is 0 Å². The molecule has 28 heavy (non-hydrogen) atoms. The number of piperidine rings is 1. The van der Waals surface area contributed by atoms with Crippen LogP contribution in [-0.4, -0.2) is 29.7 Å². The summed E-state index contributed by atoms with van der Waals surface area (Å²) in [4.78, 5) is 2.63. The number of aryl methyl sites for hydroxylation is 2. The molecule has 0 saturated carbocycles. The van der Waals surface area contributed by atoms with Gasteiger partial charge in [-0.2, -0.15) is 0 Å². The molecular formula is C24H29ClN2O. The molecule has 0 unspecified atom stereocenters. The van der Waals surface area contributed by atoms with Gasteiger partial charge in [0, 0.05) is 35.6 Å². The van der Waals surface area contributed by atoms with Crippen molar-refractivity contribution in [1.29, 1.82) is 0 Å². The molecule has 1 aliphatic heterocycles. The molecule has 1 fully saturated rings. The highest BCUT2D eigenvalue weighted by Gasteiger charge is 2.44. The lowest BCUT2D eigenvalue weighted by Crippen LogP contribution is -2.42. The first-order chi connectivity index (χ1) is 13.2. The molecule has 3 aromatic rings. The number of ether oxygens (including phenoxy) is 1. The number of benzene rings is 2. The number of halogens is 1. The SMILES string of the molecule is COc1ccc2c(c1)c1c(n2C)C2(CC1)CCN(Cc1ccccc1)CC2.Cl. The zero-order valence-electron chi connectivity index (χ0n) is 16.8. The zero-order chi connectivity index (χ0) is 18.4. The van der Waals surface area contributed by atoms with Crippen molar-refractivity contribution in [2.45, 2.75) is 37.6 Å². The molecule has 148 valence electrons. The molecule has 1 saturated heterocycles. The van der Waals surface area contributed by atoms with Crippen LogP contribution in [-0.2, 0) is 25.4 Å². The number of methoxy groups -OCH3 is 1. The van der Waals surface area contributed by atoms with Gasteiger partial charge in [0.05, 0.1) is 7.11 Å². The van der Waals surface area contributed by atoms with E-state index in [-0.39, 0.29) is 12.4 Å². The van der Waals surface area contributed by atoms with E-state index in [2.05, 4.69) is 65.0 Å². The van der Waals surface area contributed by atoms with Crippen LogP contribution in [0.1, 0.15) is 36.1 Å². The number of hydrogen-bond acceptors (Lipinski definition) is 2. The Hall–Kier alpha value is -1.97. The van der Waals surface area contributed by atoms with E-state index in [1.165, 1.54) is 55.2 Å². The Balaban J connectivity index is 0.00000192. The average molecular weight is 397 g/mol. The summed E-state index contributed by atoms with van der Waals surface area (Å²) in [5.41, 5.74) is 6.32. The van der Waals surface area contributed by atoms with Gasteiger partial charge in [-0.1, -0.05) is 30.3 Å². The molecule has 1 aliphatic carbocycles. The molecule has 4 heteroatoms. The van der Waals surface area contributed by atoms with Crippen molar-refractivity contribution in [2.24, 2.45) is 7.05 Å². The Bertz CT molecular complexity index is 971. The van der Waals surface area contributed by atoms with Crippen molar-refractivity contribution < 1.29 is 4.74 Å². The Labute approximate surface area is 173 Å². The molecule has 2 heterocycles. The smallest absolute Gasteiger partial charge is 0.119 e. The highest BCUT2D eigenvalue weighted by molar-refractivity contribution is 5.88. The van der Waals surface area contributed by atoms with E-state index in [1.807, 2.05) is 0 Å². The molecule has 0 atom stereocenters. The second kappa shape index (κ2) is 7.46. The highest BCUT2D eigenvalue weighted by Crippen LogP contribution is 2.49. The Morgan fingerprint density at radius 2 is 1.75 bits per heavy atom. The first kappa shape index (κ1) is 19.4. The lowest BCUT2D eigenvalue weighted by Gasteiger charge is -2.40. The van der Waals surface area contributed by atoms with Gasteiger partial charge in [-0.05, 0) is 68.1 Å². The number of nitrogens with zero attached hydrogens (tertiary/aromatic N) is 2. The Kier molecular flexibility index (Phi) is 5.15. The summed E-state index contributed by atoms with van der Waals surface area (Å²) >= 11 is 0. The second-order valence-electron chi connectivity index (χ2n) is 8.31.